The number of methoxy groups -OCH3 is 1. The predicted molar refractivity (Wildman–Crippen MR) is 150 cm³/mol. The number of ether oxygens (including phenoxy) is 1. The van der Waals surface area contributed by atoms with Crippen molar-refractivity contribution in [3.05, 3.63) is 59.1 Å². The summed E-state index contributed by atoms with van der Waals surface area (Å²) in [5.74, 6) is 0. The van der Waals surface area contributed by atoms with Gasteiger partial charge in [-0.1, -0.05) is 17.7 Å². The number of allylic oxidation sites excluding steroid dienone is 6. The van der Waals surface area contributed by atoms with Crippen LogP contribution in [0, 0.1) is 0 Å². The summed E-state index contributed by atoms with van der Waals surface area (Å²) in [7, 11) is 1.73. The molecule has 2 heterocycles. The van der Waals surface area contributed by atoms with Crippen LogP contribution in [0.3, 0.4) is 0 Å². The molecule has 37 heavy (non-hydrogen) atoms. The molecule has 0 spiro atoms. The zero-order chi connectivity index (χ0) is 26.5. The first-order chi connectivity index (χ1) is 18.0. The van der Waals surface area contributed by atoms with Crippen molar-refractivity contribution in [2.24, 2.45) is 0 Å². The first kappa shape index (κ1) is 29.1. The molecule has 1 aliphatic carbocycles. The molecule has 0 radical (unpaired) electrons. The third-order valence-electron chi connectivity index (χ3n) is 7.66. The highest BCUT2D eigenvalue weighted by Crippen LogP contribution is 2.28. The molecule has 7 heteroatoms. The number of aliphatic hydroxyl groups is 1. The number of hydrogen-bond donors (Lipinski definition) is 3. The van der Waals surface area contributed by atoms with Crippen molar-refractivity contribution in [3.63, 3.8) is 0 Å². The average molecular weight is 511 g/mol. The third-order valence-corrected chi connectivity index (χ3v) is 7.66. The molecule has 1 aliphatic heterocycles. The summed E-state index contributed by atoms with van der Waals surface area (Å²) in [5.41, 5.74) is 5.60. The molecule has 1 aromatic rings. The van der Waals surface area contributed by atoms with E-state index in [0.717, 1.165) is 63.7 Å². The number of unbranched alkanes of at least 4 members (excludes halogenated alkanes) is 1. The van der Waals surface area contributed by atoms with Crippen LogP contribution in [-0.4, -0.2) is 72.8 Å². The Morgan fingerprint density at radius 1 is 1.27 bits per heavy atom. The van der Waals surface area contributed by atoms with Gasteiger partial charge in [0.1, 0.15) is 11.8 Å². The van der Waals surface area contributed by atoms with Crippen molar-refractivity contribution in [2.45, 2.75) is 76.9 Å². The fourth-order valence-electron chi connectivity index (χ4n) is 5.10. The fourth-order valence-corrected chi connectivity index (χ4v) is 5.10. The van der Waals surface area contributed by atoms with Gasteiger partial charge in [-0.3, -0.25) is 4.98 Å². The third kappa shape index (κ3) is 9.09. The molecule has 1 aromatic heterocycles. The van der Waals surface area contributed by atoms with Crippen LogP contribution in [0.2, 0.25) is 0 Å². The molecule has 7 nitrogen and oxygen atoms in total. The summed E-state index contributed by atoms with van der Waals surface area (Å²) in [4.78, 5) is 18.5. The van der Waals surface area contributed by atoms with Crippen LogP contribution in [0.4, 0.5) is 5.69 Å². The van der Waals surface area contributed by atoms with Crippen LogP contribution < -0.4 is 10.6 Å². The summed E-state index contributed by atoms with van der Waals surface area (Å²) in [5, 5.41) is 16.9. The first-order valence-corrected chi connectivity index (χ1v) is 13.8. The van der Waals surface area contributed by atoms with E-state index in [0.29, 0.717) is 13.0 Å². The minimum absolute atomic E-state index is 0.0936. The lowest BCUT2D eigenvalue weighted by Crippen LogP contribution is -2.47. The number of aldehydes is 1. The van der Waals surface area contributed by atoms with E-state index in [-0.39, 0.29) is 12.7 Å². The number of pyridine rings is 1. The van der Waals surface area contributed by atoms with E-state index in [2.05, 4.69) is 46.5 Å². The van der Waals surface area contributed by atoms with E-state index >= 15 is 0 Å². The Bertz CT molecular complexity index is 943. The second kappa shape index (κ2) is 15.1. The van der Waals surface area contributed by atoms with Crippen molar-refractivity contribution < 1.29 is 14.6 Å². The minimum Gasteiger partial charge on any atom is -0.393 e. The molecule has 204 valence electrons. The van der Waals surface area contributed by atoms with Gasteiger partial charge in [-0.05, 0) is 95.0 Å². The Kier molecular flexibility index (Phi) is 11.8. The highest BCUT2D eigenvalue weighted by atomic mass is 16.5. The van der Waals surface area contributed by atoms with E-state index < -0.39 is 5.54 Å². The molecule has 3 N–H and O–H groups in total. The van der Waals surface area contributed by atoms with Crippen LogP contribution in [0.25, 0.3) is 0 Å². The highest BCUT2D eigenvalue weighted by molar-refractivity contribution is 5.70. The van der Waals surface area contributed by atoms with Gasteiger partial charge in [-0.15, -0.1) is 0 Å². The molecule has 0 saturated carbocycles. The Morgan fingerprint density at radius 2 is 2.14 bits per heavy atom. The smallest absolute Gasteiger partial charge is 0.147 e. The van der Waals surface area contributed by atoms with Crippen LogP contribution >= 0.6 is 0 Å². The molecule has 0 amide bonds. The van der Waals surface area contributed by atoms with Gasteiger partial charge < -0.3 is 30.2 Å². The summed E-state index contributed by atoms with van der Waals surface area (Å²) in [6.45, 7) is 7.58. The van der Waals surface area contributed by atoms with Gasteiger partial charge in [-0.2, -0.15) is 0 Å². The van der Waals surface area contributed by atoms with Crippen molar-refractivity contribution in [3.8, 4) is 0 Å². The number of rotatable bonds is 15. The van der Waals surface area contributed by atoms with E-state index in [1.54, 1.807) is 19.5 Å². The average Bonchev–Trinajstić information content (AvgIpc) is 2.93. The van der Waals surface area contributed by atoms with Crippen molar-refractivity contribution >= 4 is 12.0 Å². The zero-order valence-corrected chi connectivity index (χ0v) is 23.0. The van der Waals surface area contributed by atoms with Crippen molar-refractivity contribution in [2.75, 3.05) is 45.2 Å². The largest absolute Gasteiger partial charge is 0.393 e. The van der Waals surface area contributed by atoms with Gasteiger partial charge in [0.05, 0.1) is 18.4 Å². The van der Waals surface area contributed by atoms with Gasteiger partial charge in [0.25, 0.3) is 0 Å². The topological polar surface area (TPSA) is 86.7 Å². The molecule has 0 aromatic carbocycles. The van der Waals surface area contributed by atoms with Crippen molar-refractivity contribution in [1.82, 2.24) is 15.2 Å². The highest BCUT2D eigenvalue weighted by Gasteiger charge is 2.30. The molecule has 0 bridgehead atoms. The molecule has 2 aliphatic rings. The number of nitrogens with one attached hydrogen (secondary N) is 2. The van der Waals surface area contributed by atoms with Crippen LogP contribution in [0.1, 0.15) is 65.2 Å². The number of aromatic nitrogens is 1. The summed E-state index contributed by atoms with van der Waals surface area (Å²) in [6, 6.07) is 3.67. The molecule has 0 fully saturated rings. The first-order valence-electron chi connectivity index (χ1n) is 13.8. The SMILES string of the molecule is CO[C@H](C)CN(CCCCC1=C(\C)CCC2=C(/C=C\1)CCCN2)CCC(C=O)(CO)Nc1cccnc1. The molecule has 2 atom stereocenters. The van der Waals surface area contributed by atoms with Gasteiger partial charge in [0.2, 0.25) is 0 Å². The number of hydrogen-bond acceptors (Lipinski definition) is 7. The van der Waals surface area contributed by atoms with E-state index in [1.165, 1.54) is 35.3 Å². The zero-order valence-electron chi connectivity index (χ0n) is 23.0. The van der Waals surface area contributed by atoms with Gasteiger partial charge >= 0.3 is 0 Å². The van der Waals surface area contributed by atoms with Gasteiger partial charge in [-0.25, -0.2) is 0 Å². The lowest BCUT2D eigenvalue weighted by atomic mass is 9.91. The molecule has 3 rings (SSSR count). The fraction of sp³-hybridized carbons (Fsp3) is 0.600. The summed E-state index contributed by atoms with van der Waals surface area (Å²) >= 11 is 0. The second-order valence-electron chi connectivity index (χ2n) is 10.5. The minimum atomic E-state index is -1.04. The quantitative estimate of drug-likeness (QED) is 0.234. The Labute approximate surface area is 223 Å². The van der Waals surface area contributed by atoms with Crippen LogP contribution in [-0.2, 0) is 9.53 Å². The maximum atomic E-state index is 12.1. The van der Waals surface area contributed by atoms with Gasteiger partial charge in [0, 0.05) is 44.8 Å². The van der Waals surface area contributed by atoms with E-state index in [9.17, 15) is 9.90 Å². The molecule has 0 saturated heterocycles. The Hall–Kier alpha value is -2.48. The lowest BCUT2D eigenvalue weighted by Gasteiger charge is -2.32. The number of nitrogens with zero attached hydrogens (tertiary/aromatic N) is 2. The molecular formula is C30H46N4O3. The standard InChI is InChI=1S/C30H46N4O3/c1-24-11-14-29-27(9-6-17-32-29)13-12-26(24)8-4-5-18-34(21-25(2)37-3)19-15-30(22-35,23-36)33-28-10-7-16-31-20-28/h7,10,12-13,16,20,22,25,32-33,36H,4-6,8-9,11,14-15,17-19,21,23H2,1-3H3/b13-12-,26-24-/t25-,30?/m1/s1. The Balaban J connectivity index is 1.55. The molecular weight excluding hydrogens is 464 g/mol. The van der Waals surface area contributed by atoms with Crippen LogP contribution in [0.5, 0.6) is 0 Å². The van der Waals surface area contributed by atoms with Gasteiger partial charge in [0.15, 0.2) is 0 Å². The number of aliphatic hydroxyl groups excluding tert-OH is 1. The summed E-state index contributed by atoms with van der Waals surface area (Å²) in [6.07, 6.45) is 17.4. The normalized spacial score (nSPS) is 21.3. The number of carbonyl (C=O) groups excluding carboxylic acids is 1. The number of anilines is 1. The molecule has 1 unspecified atom stereocenters. The van der Waals surface area contributed by atoms with Crippen molar-refractivity contribution in [1.29, 1.82) is 0 Å². The summed E-state index contributed by atoms with van der Waals surface area (Å²) < 4.78 is 5.54. The van der Waals surface area contributed by atoms with Crippen LogP contribution in [0.15, 0.2) is 59.1 Å². The number of carbonyl (C=O) groups is 1. The second-order valence-corrected chi connectivity index (χ2v) is 10.5. The predicted octanol–water partition coefficient (Wildman–Crippen LogP) is 4.62. The van der Waals surface area contributed by atoms with E-state index in [1.807, 2.05) is 12.1 Å². The lowest BCUT2D eigenvalue weighted by molar-refractivity contribution is -0.113. The van der Waals surface area contributed by atoms with E-state index in [4.69, 9.17) is 4.74 Å². The Morgan fingerprint density at radius 3 is 2.86 bits per heavy atom. The maximum Gasteiger partial charge on any atom is 0.147 e. The monoisotopic (exact) mass is 510 g/mol. The maximum absolute atomic E-state index is 12.1.